The number of carbonyl (C=O) groups is 2. The molecular formula is C20H19N5O3. The number of benzene rings is 2. The molecular weight excluding hydrogens is 358 g/mol. The van der Waals surface area contributed by atoms with Crippen LogP contribution in [0.15, 0.2) is 54.6 Å². The lowest BCUT2D eigenvalue weighted by Crippen LogP contribution is -2.46. The molecule has 3 N–H and O–H groups in total. The Bertz CT molecular complexity index is 1000. The van der Waals surface area contributed by atoms with E-state index in [0.717, 1.165) is 5.56 Å². The Balaban J connectivity index is 1.45. The standard InChI is InChI=1S/C20H19N5O3/c1-12(13-7-3-2-4-8-13)17-23-18(25-24-17)20(27)22-15-11-28-16-10-6-5-9-14(16)21-19(15)26/h2-10,12,15H,11H2,1H3,(H,21,26)(H,22,27)(H,23,24,25)/t12-,15+/m1/s1. The maximum Gasteiger partial charge on any atom is 0.291 e. The van der Waals surface area contributed by atoms with Crippen LogP contribution in [0.4, 0.5) is 5.69 Å². The van der Waals surface area contributed by atoms with Gasteiger partial charge in [-0.05, 0) is 17.7 Å². The van der Waals surface area contributed by atoms with Crippen molar-refractivity contribution in [1.82, 2.24) is 20.5 Å². The Kier molecular flexibility index (Phi) is 4.76. The molecule has 8 nitrogen and oxygen atoms in total. The molecule has 4 rings (SSSR count). The van der Waals surface area contributed by atoms with Gasteiger partial charge in [-0.1, -0.05) is 49.4 Å². The minimum absolute atomic E-state index is 0.0201. The van der Waals surface area contributed by atoms with Gasteiger partial charge in [-0.2, -0.15) is 0 Å². The molecule has 0 aliphatic carbocycles. The van der Waals surface area contributed by atoms with Crippen molar-refractivity contribution in [3.8, 4) is 5.75 Å². The highest BCUT2D eigenvalue weighted by Gasteiger charge is 2.28. The zero-order valence-corrected chi connectivity index (χ0v) is 15.2. The SMILES string of the molecule is C[C@H](c1ccccc1)c1nc(C(=O)N[C@H]2COc3ccccc3NC2=O)n[nH]1. The molecule has 2 heterocycles. The number of aromatic nitrogens is 3. The molecule has 0 saturated carbocycles. The summed E-state index contributed by atoms with van der Waals surface area (Å²) in [6.45, 7) is 1.99. The first-order valence-corrected chi connectivity index (χ1v) is 8.92. The fraction of sp³-hybridized carbons (Fsp3) is 0.200. The molecule has 28 heavy (non-hydrogen) atoms. The van der Waals surface area contributed by atoms with Crippen LogP contribution in [0.3, 0.4) is 0 Å². The monoisotopic (exact) mass is 377 g/mol. The predicted molar refractivity (Wildman–Crippen MR) is 102 cm³/mol. The van der Waals surface area contributed by atoms with E-state index in [1.54, 1.807) is 18.2 Å². The molecule has 2 aromatic carbocycles. The van der Waals surface area contributed by atoms with E-state index in [9.17, 15) is 9.59 Å². The van der Waals surface area contributed by atoms with E-state index in [0.29, 0.717) is 17.3 Å². The van der Waals surface area contributed by atoms with Gasteiger partial charge >= 0.3 is 0 Å². The minimum atomic E-state index is -0.853. The van der Waals surface area contributed by atoms with Crippen LogP contribution in [-0.2, 0) is 4.79 Å². The number of nitrogens with zero attached hydrogens (tertiary/aromatic N) is 2. The van der Waals surface area contributed by atoms with Crippen LogP contribution in [0.1, 0.15) is 34.8 Å². The molecule has 8 heteroatoms. The van der Waals surface area contributed by atoms with E-state index >= 15 is 0 Å². The van der Waals surface area contributed by atoms with Crippen molar-refractivity contribution >= 4 is 17.5 Å². The van der Waals surface area contributed by atoms with Gasteiger partial charge < -0.3 is 15.4 Å². The van der Waals surface area contributed by atoms with Crippen molar-refractivity contribution in [1.29, 1.82) is 0 Å². The fourth-order valence-electron chi connectivity index (χ4n) is 2.96. The van der Waals surface area contributed by atoms with Gasteiger partial charge in [-0.3, -0.25) is 14.7 Å². The van der Waals surface area contributed by atoms with E-state index in [4.69, 9.17) is 4.74 Å². The second-order valence-electron chi connectivity index (χ2n) is 6.50. The first-order valence-electron chi connectivity index (χ1n) is 8.92. The molecule has 0 fully saturated rings. The molecule has 2 atom stereocenters. The number of para-hydroxylation sites is 2. The number of hydrogen-bond donors (Lipinski definition) is 3. The van der Waals surface area contributed by atoms with Gasteiger partial charge in [0.25, 0.3) is 11.8 Å². The molecule has 1 aliphatic heterocycles. The van der Waals surface area contributed by atoms with Gasteiger partial charge in [0.15, 0.2) is 0 Å². The number of ether oxygens (including phenoxy) is 1. The Morgan fingerprint density at radius 3 is 2.75 bits per heavy atom. The molecule has 0 spiro atoms. The van der Waals surface area contributed by atoms with Crippen LogP contribution in [0, 0.1) is 0 Å². The van der Waals surface area contributed by atoms with Gasteiger partial charge in [0, 0.05) is 5.92 Å². The van der Waals surface area contributed by atoms with E-state index in [1.807, 2.05) is 43.3 Å². The van der Waals surface area contributed by atoms with Crippen molar-refractivity contribution in [2.45, 2.75) is 18.9 Å². The highest BCUT2D eigenvalue weighted by Crippen LogP contribution is 2.26. The lowest BCUT2D eigenvalue weighted by Gasteiger charge is -2.13. The molecule has 3 aromatic rings. The fourth-order valence-corrected chi connectivity index (χ4v) is 2.96. The first kappa shape index (κ1) is 17.7. The second kappa shape index (κ2) is 7.51. The van der Waals surface area contributed by atoms with Crippen LogP contribution in [-0.4, -0.2) is 39.6 Å². The number of H-pyrrole nitrogens is 1. The lowest BCUT2D eigenvalue weighted by molar-refractivity contribution is -0.118. The van der Waals surface area contributed by atoms with E-state index < -0.39 is 11.9 Å². The van der Waals surface area contributed by atoms with Gasteiger partial charge in [0.1, 0.15) is 24.2 Å². The first-order chi connectivity index (χ1) is 13.6. The highest BCUT2D eigenvalue weighted by atomic mass is 16.5. The number of aromatic amines is 1. The van der Waals surface area contributed by atoms with Gasteiger partial charge in [-0.15, -0.1) is 5.10 Å². The third-order valence-electron chi connectivity index (χ3n) is 4.59. The summed E-state index contributed by atoms with van der Waals surface area (Å²) in [5.74, 6) is 0.167. The van der Waals surface area contributed by atoms with Crippen LogP contribution in [0.25, 0.3) is 0 Å². The van der Waals surface area contributed by atoms with Crippen molar-refractivity contribution in [3.63, 3.8) is 0 Å². The Morgan fingerprint density at radius 2 is 1.93 bits per heavy atom. The van der Waals surface area contributed by atoms with Crippen molar-refractivity contribution in [2.24, 2.45) is 0 Å². The van der Waals surface area contributed by atoms with Crippen molar-refractivity contribution in [2.75, 3.05) is 11.9 Å². The summed E-state index contributed by atoms with van der Waals surface area (Å²) in [4.78, 5) is 29.2. The summed E-state index contributed by atoms with van der Waals surface area (Å²) in [5.41, 5.74) is 1.63. The Hall–Kier alpha value is -3.68. The summed E-state index contributed by atoms with van der Waals surface area (Å²) in [5, 5.41) is 12.2. The molecule has 0 unspecified atom stereocenters. The summed E-state index contributed by atoms with van der Waals surface area (Å²) >= 11 is 0. The molecule has 0 bridgehead atoms. The third kappa shape index (κ3) is 3.57. The quantitative estimate of drug-likeness (QED) is 0.645. The number of anilines is 1. The van der Waals surface area contributed by atoms with Crippen molar-refractivity contribution < 1.29 is 14.3 Å². The van der Waals surface area contributed by atoms with E-state index in [2.05, 4.69) is 25.8 Å². The van der Waals surface area contributed by atoms with Gasteiger partial charge in [-0.25, -0.2) is 4.98 Å². The number of amides is 2. The maximum absolute atomic E-state index is 12.5. The molecule has 1 aliphatic rings. The number of hydrogen-bond acceptors (Lipinski definition) is 5. The smallest absolute Gasteiger partial charge is 0.291 e. The summed E-state index contributed by atoms with van der Waals surface area (Å²) < 4.78 is 5.62. The summed E-state index contributed by atoms with van der Waals surface area (Å²) in [6, 6.07) is 16.0. The Labute approximate surface area is 161 Å². The number of fused-ring (bicyclic) bond motifs is 1. The zero-order valence-electron chi connectivity index (χ0n) is 15.2. The van der Waals surface area contributed by atoms with Crippen LogP contribution in [0.2, 0.25) is 0 Å². The number of rotatable bonds is 4. The number of nitrogens with one attached hydrogen (secondary N) is 3. The molecule has 2 amide bonds. The van der Waals surface area contributed by atoms with E-state index in [1.165, 1.54) is 0 Å². The van der Waals surface area contributed by atoms with Crippen molar-refractivity contribution in [3.05, 3.63) is 71.8 Å². The topological polar surface area (TPSA) is 109 Å². The highest BCUT2D eigenvalue weighted by molar-refractivity contribution is 6.01. The predicted octanol–water partition coefficient (Wildman–Crippen LogP) is 2.09. The zero-order chi connectivity index (χ0) is 19.5. The summed E-state index contributed by atoms with van der Waals surface area (Å²) in [6.07, 6.45) is 0. The van der Waals surface area contributed by atoms with Gasteiger partial charge in [0.2, 0.25) is 5.82 Å². The summed E-state index contributed by atoms with van der Waals surface area (Å²) in [7, 11) is 0. The van der Waals surface area contributed by atoms with E-state index in [-0.39, 0.29) is 24.3 Å². The molecule has 0 radical (unpaired) electrons. The lowest BCUT2D eigenvalue weighted by atomic mass is 10.0. The molecule has 142 valence electrons. The van der Waals surface area contributed by atoms with Crippen LogP contribution >= 0.6 is 0 Å². The molecule has 1 aromatic heterocycles. The third-order valence-corrected chi connectivity index (χ3v) is 4.59. The normalized spacial score (nSPS) is 16.9. The maximum atomic E-state index is 12.5. The van der Waals surface area contributed by atoms with Crippen LogP contribution < -0.4 is 15.4 Å². The molecule has 0 saturated heterocycles. The number of carbonyl (C=O) groups excluding carboxylic acids is 2. The average Bonchev–Trinajstić information content (AvgIpc) is 3.16. The minimum Gasteiger partial charge on any atom is -0.489 e. The average molecular weight is 377 g/mol. The largest absolute Gasteiger partial charge is 0.489 e. The van der Waals surface area contributed by atoms with Crippen LogP contribution in [0.5, 0.6) is 5.75 Å². The Morgan fingerprint density at radius 1 is 1.18 bits per heavy atom. The van der Waals surface area contributed by atoms with Gasteiger partial charge in [0.05, 0.1) is 5.69 Å². The second-order valence-corrected chi connectivity index (χ2v) is 6.50.